The second kappa shape index (κ2) is 4.46. The van der Waals surface area contributed by atoms with Gasteiger partial charge in [0.2, 0.25) is 0 Å². The zero-order valence-electron chi connectivity index (χ0n) is 10.3. The van der Waals surface area contributed by atoms with Gasteiger partial charge in [-0.05, 0) is 19.9 Å². The molecule has 0 saturated heterocycles. The van der Waals surface area contributed by atoms with Gasteiger partial charge in [-0.25, -0.2) is 13.6 Å². The second-order valence-corrected chi connectivity index (χ2v) is 4.45. The van der Waals surface area contributed by atoms with Gasteiger partial charge < -0.3 is 9.67 Å². The summed E-state index contributed by atoms with van der Waals surface area (Å²) >= 11 is 0. The molecule has 0 amide bonds. The molecular weight excluding hydrogens is 256 g/mol. The molecule has 1 aromatic carbocycles. The Balaban J connectivity index is 3.08. The van der Waals surface area contributed by atoms with E-state index < -0.39 is 29.1 Å². The quantitative estimate of drug-likeness (QED) is 0.909. The molecule has 1 aromatic heterocycles. The summed E-state index contributed by atoms with van der Waals surface area (Å²) in [6.07, 6.45) is 0. The molecule has 0 saturated carbocycles. The summed E-state index contributed by atoms with van der Waals surface area (Å²) in [5, 5.41) is 8.92. The molecule has 19 heavy (non-hydrogen) atoms. The molecule has 6 heteroatoms. The highest BCUT2D eigenvalue weighted by Gasteiger charge is 2.19. The van der Waals surface area contributed by atoms with E-state index in [1.807, 2.05) is 0 Å². The molecule has 0 atom stereocenters. The van der Waals surface area contributed by atoms with Crippen LogP contribution >= 0.6 is 0 Å². The molecular formula is C13H11F2NO3. The Morgan fingerprint density at radius 3 is 2.42 bits per heavy atom. The van der Waals surface area contributed by atoms with Gasteiger partial charge in [0, 0.05) is 18.2 Å². The average Bonchev–Trinajstić information content (AvgIpc) is 2.28. The van der Waals surface area contributed by atoms with Crippen LogP contribution in [0, 0.1) is 11.6 Å². The largest absolute Gasteiger partial charge is 0.477 e. The fourth-order valence-electron chi connectivity index (χ4n) is 2.09. The maximum Gasteiger partial charge on any atom is 0.352 e. The summed E-state index contributed by atoms with van der Waals surface area (Å²) in [6.45, 7) is 3.30. The third-order valence-electron chi connectivity index (χ3n) is 2.80. The number of benzene rings is 1. The van der Waals surface area contributed by atoms with Crippen molar-refractivity contribution in [1.29, 1.82) is 0 Å². The molecule has 0 unspecified atom stereocenters. The van der Waals surface area contributed by atoms with Crippen LogP contribution in [0.4, 0.5) is 8.78 Å². The van der Waals surface area contributed by atoms with E-state index in [1.165, 1.54) is 4.57 Å². The summed E-state index contributed by atoms with van der Waals surface area (Å²) < 4.78 is 28.2. The van der Waals surface area contributed by atoms with Crippen molar-refractivity contribution in [1.82, 2.24) is 4.57 Å². The van der Waals surface area contributed by atoms with Crippen molar-refractivity contribution < 1.29 is 18.7 Å². The molecule has 1 heterocycles. The van der Waals surface area contributed by atoms with Crippen molar-refractivity contribution in [2.24, 2.45) is 0 Å². The van der Waals surface area contributed by atoms with Crippen molar-refractivity contribution in [3.63, 3.8) is 0 Å². The Labute approximate surface area is 106 Å². The monoisotopic (exact) mass is 267 g/mol. The van der Waals surface area contributed by atoms with Crippen LogP contribution in [-0.2, 0) is 0 Å². The van der Waals surface area contributed by atoms with Gasteiger partial charge in [0.1, 0.15) is 11.5 Å². The van der Waals surface area contributed by atoms with Crippen LogP contribution in [0.5, 0.6) is 0 Å². The molecule has 0 bridgehead atoms. The van der Waals surface area contributed by atoms with Crippen molar-refractivity contribution >= 4 is 16.9 Å². The molecule has 4 nitrogen and oxygen atoms in total. The highest BCUT2D eigenvalue weighted by atomic mass is 19.1. The van der Waals surface area contributed by atoms with Crippen LogP contribution in [0.15, 0.2) is 23.0 Å². The van der Waals surface area contributed by atoms with Gasteiger partial charge in [0.25, 0.3) is 0 Å². The first-order valence-corrected chi connectivity index (χ1v) is 5.60. The van der Waals surface area contributed by atoms with Gasteiger partial charge in [-0.2, -0.15) is 0 Å². The molecule has 2 rings (SSSR count). The number of aromatic carboxylic acids is 1. The standard InChI is InChI=1S/C13H11F2NO3/c1-6(2)16-10(13(18)19)5-11(17)8-3-7(14)4-9(15)12(8)16/h3-6H,1-2H3,(H,18,19). The highest BCUT2D eigenvalue weighted by Crippen LogP contribution is 2.22. The van der Waals surface area contributed by atoms with Crippen LogP contribution in [-0.4, -0.2) is 15.6 Å². The van der Waals surface area contributed by atoms with E-state index in [0.717, 1.165) is 12.1 Å². The molecule has 0 aliphatic heterocycles. The number of fused-ring (bicyclic) bond motifs is 1. The fourth-order valence-corrected chi connectivity index (χ4v) is 2.09. The van der Waals surface area contributed by atoms with E-state index in [2.05, 4.69) is 0 Å². The third-order valence-corrected chi connectivity index (χ3v) is 2.80. The second-order valence-electron chi connectivity index (χ2n) is 4.45. The van der Waals surface area contributed by atoms with Gasteiger partial charge in [0.05, 0.1) is 10.9 Å². The van der Waals surface area contributed by atoms with Gasteiger partial charge in [0.15, 0.2) is 11.2 Å². The third kappa shape index (κ3) is 2.09. The number of nitrogens with zero attached hydrogens (tertiary/aromatic N) is 1. The smallest absolute Gasteiger partial charge is 0.352 e. The van der Waals surface area contributed by atoms with Crippen LogP contribution in [0.1, 0.15) is 30.4 Å². The number of hydrogen-bond acceptors (Lipinski definition) is 2. The van der Waals surface area contributed by atoms with E-state index >= 15 is 0 Å². The summed E-state index contributed by atoms with van der Waals surface area (Å²) in [7, 11) is 0. The van der Waals surface area contributed by atoms with E-state index in [1.54, 1.807) is 13.8 Å². The predicted molar refractivity (Wildman–Crippen MR) is 65.5 cm³/mol. The first-order chi connectivity index (χ1) is 8.82. The lowest BCUT2D eigenvalue weighted by Gasteiger charge is -2.18. The Morgan fingerprint density at radius 1 is 1.26 bits per heavy atom. The first-order valence-electron chi connectivity index (χ1n) is 5.60. The van der Waals surface area contributed by atoms with Crippen molar-refractivity contribution in [2.75, 3.05) is 0 Å². The zero-order chi connectivity index (χ0) is 14.3. The lowest BCUT2D eigenvalue weighted by Crippen LogP contribution is -2.20. The predicted octanol–water partition coefficient (Wildman–Crippen LogP) is 2.56. The number of carboxylic acids is 1. The summed E-state index contributed by atoms with van der Waals surface area (Å²) in [5.41, 5.74) is -1.23. The van der Waals surface area contributed by atoms with Crippen molar-refractivity contribution in [3.8, 4) is 0 Å². The minimum absolute atomic E-state index is 0.170. The lowest BCUT2D eigenvalue weighted by molar-refractivity contribution is 0.0683. The number of aromatic nitrogens is 1. The van der Waals surface area contributed by atoms with Crippen molar-refractivity contribution in [3.05, 3.63) is 45.8 Å². The highest BCUT2D eigenvalue weighted by molar-refractivity contribution is 5.90. The van der Waals surface area contributed by atoms with Crippen LogP contribution in [0.3, 0.4) is 0 Å². The van der Waals surface area contributed by atoms with Gasteiger partial charge in [-0.3, -0.25) is 4.79 Å². The zero-order valence-corrected chi connectivity index (χ0v) is 10.3. The van der Waals surface area contributed by atoms with E-state index in [9.17, 15) is 18.4 Å². The summed E-state index contributed by atoms with van der Waals surface area (Å²) in [6, 6.07) is 2.02. The minimum atomic E-state index is -1.34. The minimum Gasteiger partial charge on any atom is -0.477 e. The molecule has 0 spiro atoms. The molecule has 0 fully saturated rings. The lowest BCUT2D eigenvalue weighted by atomic mass is 10.1. The number of hydrogen-bond donors (Lipinski definition) is 1. The summed E-state index contributed by atoms with van der Waals surface area (Å²) in [4.78, 5) is 22.9. The number of carbonyl (C=O) groups is 1. The van der Waals surface area contributed by atoms with Crippen LogP contribution < -0.4 is 5.43 Å². The first kappa shape index (κ1) is 13.2. The van der Waals surface area contributed by atoms with Gasteiger partial charge >= 0.3 is 5.97 Å². The Hall–Kier alpha value is -2.24. The van der Waals surface area contributed by atoms with Crippen LogP contribution in [0.25, 0.3) is 10.9 Å². The van der Waals surface area contributed by atoms with Crippen molar-refractivity contribution in [2.45, 2.75) is 19.9 Å². The average molecular weight is 267 g/mol. The summed E-state index contributed by atoms with van der Waals surface area (Å²) in [5.74, 6) is -3.17. The van der Waals surface area contributed by atoms with Gasteiger partial charge in [-0.1, -0.05) is 0 Å². The number of carboxylic acid groups (broad SMARTS) is 1. The molecule has 0 aliphatic rings. The molecule has 1 N–H and O–H groups in total. The molecule has 2 aromatic rings. The molecule has 0 radical (unpaired) electrons. The van der Waals surface area contributed by atoms with Gasteiger partial charge in [-0.15, -0.1) is 0 Å². The SMILES string of the molecule is CC(C)n1c(C(=O)O)cc(=O)c2cc(F)cc(F)c21. The normalized spacial score (nSPS) is 11.2. The Morgan fingerprint density at radius 2 is 1.89 bits per heavy atom. The van der Waals surface area contributed by atoms with E-state index in [0.29, 0.717) is 6.07 Å². The van der Waals surface area contributed by atoms with Crippen LogP contribution in [0.2, 0.25) is 0 Å². The maximum atomic E-state index is 13.9. The molecule has 100 valence electrons. The Bertz CT molecular complexity index is 735. The Kier molecular flexibility index (Phi) is 3.09. The topological polar surface area (TPSA) is 59.3 Å². The number of rotatable bonds is 2. The van der Waals surface area contributed by atoms with E-state index in [-0.39, 0.29) is 16.6 Å². The fraction of sp³-hybridized carbons (Fsp3) is 0.231. The molecule has 0 aliphatic carbocycles. The number of halogens is 2. The van der Waals surface area contributed by atoms with E-state index in [4.69, 9.17) is 5.11 Å². The number of pyridine rings is 1. The maximum absolute atomic E-state index is 13.9.